The SMILES string of the molecule is Clc1ccc(-n2cnc(Br)c2)cc1Cl. The number of hydrogen-bond acceptors (Lipinski definition) is 1. The van der Waals surface area contributed by atoms with E-state index in [9.17, 15) is 0 Å². The number of hydrogen-bond donors (Lipinski definition) is 0. The van der Waals surface area contributed by atoms with Gasteiger partial charge in [0.05, 0.1) is 10.0 Å². The Balaban J connectivity index is 2.47. The summed E-state index contributed by atoms with van der Waals surface area (Å²) in [5.41, 5.74) is 0.928. The molecule has 5 heteroatoms. The van der Waals surface area contributed by atoms with Crippen LogP contribution in [0.15, 0.2) is 35.3 Å². The fraction of sp³-hybridized carbons (Fsp3) is 0. The summed E-state index contributed by atoms with van der Waals surface area (Å²) < 4.78 is 2.63. The number of halogens is 3. The van der Waals surface area contributed by atoms with Gasteiger partial charge in [-0.15, -0.1) is 0 Å². The van der Waals surface area contributed by atoms with Crippen molar-refractivity contribution >= 4 is 39.1 Å². The van der Waals surface area contributed by atoms with Gasteiger partial charge in [0.25, 0.3) is 0 Å². The van der Waals surface area contributed by atoms with Crippen molar-refractivity contribution in [3.63, 3.8) is 0 Å². The monoisotopic (exact) mass is 290 g/mol. The summed E-state index contributed by atoms with van der Waals surface area (Å²) in [6.45, 7) is 0. The van der Waals surface area contributed by atoms with Crippen LogP contribution in [0.25, 0.3) is 5.69 Å². The summed E-state index contributed by atoms with van der Waals surface area (Å²) in [6, 6.07) is 5.42. The van der Waals surface area contributed by atoms with Gasteiger partial charge >= 0.3 is 0 Å². The summed E-state index contributed by atoms with van der Waals surface area (Å²) in [4.78, 5) is 4.05. The van der Waals surface area contributed by atoms with Crippen molar-refractivity contribution in [2.45, 2.75) is 0 Å². The van der Waals surface area contributed by atoms with Gasteiger partial charge in [-0.3, -0.25) is 0 Å². The van der Waals surface area contributed by atoms with Crippen LogP contribution < -0.4 is 0 Å². The predicted octanol–water partition coefficient (Wildman–Crippen LogP) is 3.94. The molecule has 0 atom stereocenters. The second-order valence-corrected chi connectivity index (χ2v) is 4.33. The average Bonchev–Trinajstić information content (AvgIpc) is 2.57. The molecule has 0 unspecified atom stereocenters. The summed E-state index contributed by atoms with van der Waals surface area (Å²) >= 11 is 15.0. The maximum absolute atomic E-state index is 5.89. The van der Waals surface area contributed by atoms with Crippen LogP contribution in [-0.2, 0) is 0 Å². The molecule has 0 bridgehead atoms. The van der Waals surface area contributed by atoms with E-state index in [-0.39, 0.29) is 0 Å². The molecule has 72 valence electrons. The highest BCUT2D eigenvalue weighted by Gasteiger charge is 2.01. The third-order valence-corrected chi connectivity index (χ3v) is 2.90. The Bertz CT molecular complexity index is 468. The first-order chi connectivity index (χ1) is 6.66. The molecule has 0 amide bonds. The van der Waals surface area contributed by atoms with Gasteiger partial charge < -0.3 is 4.57 Å². The minimum Gasteiger partial charge on any atom is -0.305 e. The van der Waals surface area contributed by atoms with Crippen LogP contribution in [0.2, 0.25) is 10.0 Å². The van der Waals surface area contributed by atoms with E-state index < -0.39 is 0 Å². The number of benzene rings is 1. The predicted molar refractivity (Wildman–Crippen MR) is 61.3 cm³/mol. The fourth-order valence-electron chi connectivity index (χ4n) is 1.09. The van der Waals surface area contributed by atoms with Crippen LogP contribution in [0.4, 0.5) is 0 Å². The van der Waals surface area contributed by atoms with E-state index in [1.807, 2.05) is 16.8 Å². The normalized spacial score (nSPS) is 10.5. The zero-order chi connectivity index (χ0) is 10.1. The molecule has 1 aromatic heterocycles. The highest BCUT2D eigenvalue weighted by molar-refractivity contribution is 9.10. The van der Waals surface area contributed by atoms with Crippen LogP contribution in [0.1, 0.15) is 0 Å². The number of nitrogens with zero attached hydrogens (tertiary/aromatic N) is 2. The lowest BCUT2D eigenvalue weighted by molar-refractivity contribution is 1.06. The first-order valence-electron chi connectivity index (χ1n) is 3.82. The Morgan fingerprint density at radius 2 is 2.00 bits per heavy atom. The van der Waals surface area contributed by atoms with Crippen molar-refractivity contribution in [2.24, 2.45) is 0 Å². The molecule has 2 nitrogen and oxygen atoms in total. The summed E-state index contributed by atoms with van der Waals surface area (Å²) in [6.07, 6.45) is 3.54. The zero-order valence-electron chi connectivity index (χ0n) is 6.92. The van der Waals surface area contributed by atoms with Crippen LogP contribution >= 0.6 is 39.1 Å². The Morgan fingerprint density at radius 1 is 1.21 bits per heavy atom. The lowest BCUT2D eigenvalue weighted by Gasteiger charge is -2.02. The maximum Gasteiger partial charge on any atom is 0.124 e. The van der Waals surface area contributed by atoms with E-state index in [0.29, 0.717) is 10.0 Å². The van der Waals surface area contributed by atoms with Crippen molar-refractivity contribution in [1.82, 2.24) is 9.55 Å². The maximum atomic E-state index is 5.89. The molecule has 0 N–H and O–H groups in total. The van der Waals surface area contributed by atoms with Gasteiger partial charge in [-0.1, -0.05) is 23.2 Å². The molecule has 0 aliphatic heterocycles. The molecule has 2 rings (SSSR count). The molecular formula is C9H5BrCl2N2. The molecule has 1 aromatic carbocycles. The van der Waals surface area contributed by atoms with Crippen molar-refractivity contribution in [3.05, 3.63) is 45.4 Å². The summed E-state index contributed by atoms with van der Waals surface area (Å²) in [5.74, 6) is 0. The topological polar surface area (TPSA) is 17.8 Å². The van der Waals surface area contributed by atoms with Crippen LogP contribution in [-0.4, -0.2) is 9.55 Å². The van der Waals surface area contributed by atoms with Crippen molar-refractivity contribution in [2.75, 3.05) is 0 Å². The Labute approximate surface area is 99.6 Å². The smallest absolute Gasteiger partial charge is 0.124 e. The minimum atomic E-state index is 0.536. The molecule has 2 aromatic rings. The third kappa shape index (κ3) is 1.95. The van der Waals surface area contributed by atoms with Crippen molar-refractivity contribution < 1.29 is 0 Å². The molecule has 0 spiro atoms. The first-order valence-corrected chi connectivity index (χ1v) is 5.36. The molecule has 0 aliphatic rings. The molecule has 0 radical (unpaired) electrons. The van der Waals surface area contributed by atoms with Gasteiger partial charge in [0, 0.05) is 11.9 Å². The Kier molecular flexibility index (Phi) is 2.81. The molecule has 0 aliphatic carbocycles. The largest absolute Gasteiger partial charge is 0.305 e. The molecule has 14 heavy (non-hydrogen) atoms. The van der Waals surface area contributed by atoms with E-state index in [0.717, 1.165) is 10.3 Å². The number of rotatable bonds is 1. The van der Waals surface area contributed by atoms with E-state index in [2.05, 4.69) is 20.9 Å². The van der Waals surface area contributed by atoms with Gasteiger partial charge in [-0.25, -0.2) is 4.98 Å². The van der Waals surface area contributed by atoms with E-state index >= 15 is 0 Å². The molecule has 0 fully saturated rings. The average molecular weight is 292 g/mol. The van der Waals surface area contributed by atoms with Gasteiger partial charge in [0.2, 0.25) is 0 Å². The van der Waals surface area contributed by atoms with Gasteiger partial charge in [-0.05, 0) is 34.1 Å². The lowest BCUT2D eigenvalue weighted by Crippen LogP contribution is -1.88. The summed E-state index contributed by atoms with van der Waals surface area (Å²) in [7, 11) is 0. The number of imidazole rings is 1. The van der Waals surface area contributed by atoms with Crippen molar-refractivity contribution in [3.8, 4) is 5.69 Å². The highest BCUT2D eigenvalue weighted by Crippen LogP contribution is 2.24. The third-order valence-electron chi connectivity index (χ3n) is 1.75. The Hall–Kier alpha value is -0.510. The molecule has 0 saturated heterocycles. The van der Waals surface area contributed by atoms with E-state index in [1.54, 1.807) is 18.5 Å². The van der Waals surface area contributed by atoms with E-state index in [4.69, 9.17) is 23.2 Å². The second kappa shape index (κ2) is 3.93. The van der Waals surface area contributed by atoms with Crippen LogP contribution in [0.3, 0.4) is 0 Å². The first kappa shape index (κ1) is 10.0. The molecule has 1 heterocycles. The number of aromatic nitrogens is 2. The zero-order valence-corrected chi connectivity index (χ0v) is 10.0. The Morgan fingerprint density at radius 3 is 2.57 bits per heavy atom. The summed E-state index contributed by atoms with van der Waals surface area (Å²) in [5, 5.41) is 1.09. The van der Waals surface area contributed by atoms with Crippen LogP contribution in [0, 0.1) is 0 Å². The van der Waals surface area contributed by atoms with Gasteiger partial charge in [-0.2, -0.15) is 0 Å². The van der Waals surface area contributed by atoms with Crippen LogP contribution in [0.5, 0.6) is 0 Å². The lowest BCUT2D eigenvalue weighted by atomic mass is 10.3. The van der Waals surface area contributed by atoms with Gasteiger partial charge in [0.1, 0.15) is 10.9 Å². The molecule has 0 saturated carbocycles. The fourth-order valence-corrected chi connectivity index (χ4v) is 1.69. The van der Waals surface area contributed by atoms with Gasteiger partial charge in [0.15, 0.2) is 0 Å². The second-order valence-electron chi connectivity index (χ2n) is 2.70. The quantitative estimate of drug-likeness (QED) is 0.778. The minimum absolute atomic E-state index is 0.536. The van der Waals surface area contributed by atoms with Crippen molar-refractivity contribution in [1.29, 1.82) is 0 Å². The standard InChI is InChI=1S/C9H5BrCl2N2/c10-9-4-14(5-13-9)6-1-2-7(11)8(12)3-6/h1-5H. The highest BCUT2D eigenvalue weighted by atomic mass is 79.9. The van der Waals surface area contributed by atoms with E-state index in [1.165, 1.54) is 0 Å². The molecular weight excluding hydrogens is 287 g/mol.